The van der Waals surface area contributed by atoms with E-state index in [1.807, 2.05) is 12.1 Å². The highest BCUT2D eigenvalue weighted by atomic mass is 16.1. The van der Waals surface area contributed by atoms with Crippen LogP contribution in [0, 0.1) is 13.8 Å². The molecule has 0 spiro atoms. The van der Waals surface area contributed by atoms with Crippen molar-refractivity contribution in [2.45, 2.75) is 40.7 Å². The average molecular weight is 258 g/mol. The number of fused-ring (bicyclic) bond motifs is 1. The number of carbonyl (C=O) groups is 1. The fraction of sp³-hybridized carbons (Fsp3) is 0.438. The number of amides is 1. The molecule has 2 rings (SSSR count). The second-order valence-corrected chi connectivity index (χ2v) is 4.94. The minimum absolute atomic E-state index is 0.0186. The molecule has 1 aromatic heterocycles. The Kier molecular flexibility index (Phi) is 3.93. The molecule has 0 atom stereocenters. The molecule has 0 unspecified atom stereocenters. The van der Waals surface area contributed by atoms with Crippen molar-refractivity contribution in [1.82, 2.24) is 9.88 Å². The molecular weight excluding hydrogens is 236 g/mol. The van der Waals surface area contributed by atoms with Crippen molar-refractivity contribution in [2.75, 3.05) is 6.54 Å². The van der Waals surface area contributed by atoms with Gasteiger partial charge in [0.2, 0.25) is 0 Å². The van der Waals surface area contributed by atoms with Gasteiger partial charge < -0.3 is 9.88 Å². The molecule has 1 N–H and O–H groups in total. The number of hydrogen-bond donors (Lipinski definition) is 1. The molecule has 19 heavy (non-hydrogen) atoms. The lowest BCUT2D eigenvalue weighted by molar-refractivity contribution is 0.0954. The van der Waals surface area contributed by atoms with Crippen LogP contribution in [0.4, 0.5) is 0 Å². The van der Waals surface area contributed by atoms with E-state index in [9.17, 15) is 4.79 Å². The van der Waals surface area contributed by atoms with Crippen molar-refractivity contribution in [2.24, 2.45) is 0 Å². The molecule has 0 bridgehead atoms. The summed E-state index contributed by atoms with van der Waals surface area (Å²) in [7, 11) is 0. The van der Waals surface area contributed by atoms with Crippen molar-refractivity contribution in [1.29, 1.82) is 0 Å². The number of benzene rings is 1. The molecule has 0 aliphatic heterocycles. The zero-order valence-corrected chi connectivity index (χ0v) is 12.2. The third-order valence-electron chi connectivity index (χ3n) is 3.75. The molecule has 102 valence electrons. The molecule has 2 aromatic rings. The van der Waals surface area contributed by atoms with Gasteiger partial charge in [0.15, 0.2) is 0 Å². The van der Waals surface area contributed by atoms with E-state index in [1.165, 1.54) is 22.2 Å². The maximum absolute atomic E-state index is 12.0. The Labute approximate surface area is 114 Å². The van der Waals surface area contributed by atoms with Crippen LogP contribution >= 0.6 is 0 Å². The van der Waals surface area contributed by atoms with E-state index >= 15 is 0 Å². The van der Waals surface area contributed by atoms with E-state index in [4.69, 9.17) is 0 Å². The Hall–Kier alpha value is -1.77. The number of nitrogens with one attached hydrogen (secondary N) is 1. The highest BCUT2D eigenvalue weighted by Crippen LogP contribution is 2.26. The largest absolute Gasteiger partial charge is 0.352 e. The quantitative estimate of drug-likeness (QED) is 0.895. The minimum atomic E-state index is 0.0186. The maximum atomic E-state index is 12.0. The van der Waals surface area contributed by atoms with Crippen molar-refractivity contribution < 1.29 is 4.79 Å². The van der Waals surface area contributed by atoms with E-state index in [1.54, 1.807) is 0 Å². The summed E-state index contributed by atoms with van der Waals surface area (Å²) in [4.78, 5) is 12.0. The lowest BCUT2D eigenvalue weighted by atomic mass is 10.1. The first kappa shape index (κ1) is 13.7. The Bertz CT molecular complexity index is 611. The topological polar surface area (TPSA) is 34.0 Å². The third-order valence-corrected chi connectivity index (χ3v) is 3.75. The van der Waals surface area contributed by atoms with E-state index < -0.39 is 0 Å². The number of hydrogen-bond acceptors (Lipinski definition) is 1. The van der Waals surface area contributed by atoms with Gasteiger partial charge in [-0.3, -0.25) is 4.79 Å². The fourth-order valence-electron chi connectivity index (χ4n) is 2.54. The maximum Gasteiger partial charge on any atom is 0.251 e. The van der Waals surface area contributed by atoms with Crippen molar-refractivity contribution in [3.8, 4) is 0 Å². The molecule has 0 radical (unpaired) electrons. The van der Waals surface area contributed by atoms with Crippen molar-refractivity contribution in [3.63, 3.8) is 0 Å². The standard InChI is InChI=1S/C16H22N2O/c1-5-9-17-16(19)13-7-8-15-14(10-13)11(3)12(4)18(15)6-2/h7-8,10H,5-6,9H2,1-4H3,(H,17,19). The molecule has 0 saturated heterocycles. The number of rotatable bonds is 4. The molecule has 1 aromatic carbocycles. The van der Waals surface area contributed by atoms with Gasteiger partial charge in [-0.2, -0.15) is 0 Å². The van der Waals surface area contributed by atoms with Gasteiger partial charge in [0, 0.05) is 35.2 Å². The molecule has 0 aliphatic carbocycles. The monoisotopic (exact) mass is 258 g/mol. The van der Waals surface area contributed by atoms with E-state index in [-0.39, 0.29) is 5.91 Å². The van der Waals surface area contributed by atoms with Gasteiger partial charge in [0.05, 0.1) is 0 Å². The molecule has 1 heterocycles. The molecule has 3 heteroatoms. The van der Waals surface area contributed by atoms with Crippen LogP contribution in [0.15, 0.2) is 18.2 Å². The summed E-state index contributed by atoms with van der Waals surface area (Å²) in [5.74, 6) is 0.0186. The normalized spacial score (nSPS) is 10.9. The molecule has 0 fully saturated rings. The Balaban J connectivity index is 2.46. The Morgan fingerprint density at radius 3 is 2.63 bits per heavy atom. The molecular formula is C16H22N2O. The zero-order chi connectivity index (χ0) is 14.0. The highest BCUT2D eigenvalue weighted by Gasteiger charge is 2.12. The number of carbonyl (C=O) groups excluding carboxylic acids is 1. The highest BCUT2D eigenvalue weighted by molar-refractivity contribution is 5.99. The second kappa shape index (κ2) is 5.47. The number of aryl methyl sites for hydroxylation is 2. The van der Waals surface area contributed by atoms with Gasteiger partial charge in [0.25, 0.3) is 5.91 Å². The van der Waals surface area contributed by atoms with Gasteiger partial charge in [0.1, 0.15) is 0 Å². The van der Waals surface area contributed by atoms with Crippen LogP contribution in [0.5, 0.6) is 0 Å². The SMILES string of the molecule is CCCNC(=O)c1ccc2c(c1)c(C)c(C)n2CC. The summed E-state index contributed by atoms with van der Waals surface area (Å²) in [5.41, 5.74) is 4.51. The fourth-order valence-corrected chi connectivity index (χ4v) is 2.54. The summed E-state index contributed by atoms with van der Waals surface area (Å²) in [6, 6.07) is 5.98. The zero-order valence-electron chi connectivity index (χ0n) is 12.2. The van der Waals surface area contributed by atoms with Crippen LogP contribution in [-0.4, -0.2) is 17.0 Å². The van der Waals surface area contributed by atoms with Crippen LogP contribution < -0.4 is 5.32 Å². The summed E-state index contributed by atoms with van der Waals surface area (Å²) in [6.45, 7) is 10.1. The van der Waals surface area contributed by atoms with Crippen molar-refractivity contribution in [3.05, 3.63) is 35.0 Å². The van der Waals surface area contributed by atoms with Crippen LogP contribution in [0.3, 0.4) is 0 Å². The first-order valence-electron chi connectivity index (χ1n) is 6.97. The van der Waals surface area contributed by atoms with Gasteiger partial charge in [-0.05, 0) is 51.0 Å². The third kappa shape index (κ3) is 2.37. The lowest BCUT2D eigenvalue weighted by Gasteiger charge is -2.05. The van der Waals surface area contributed by atoms with Gasteiger partial charge >= 0.3 is 0 Å². The number of aromatic nitrogens is 1. The predicted molar refractivity (Wildman–Crippen MR) is 79.7 cm³/mol. The number of nitrogens with zero attached hydrogens (tertiary/aromatic N) is 1. The van der Waals surface area contributed by atoms with E-state index in [0.29, 0.717) is 0 Å². The van der Waals surface area contributed by atoms with E-state index in [0.717, 1.165) is 25.1 Å². The second-order valence-electron chi connectivity index (χ2n) is 4.94. The van der Waals surface area contributed by atoms with Gasteiger partial charge in [-0.25, -0.2) is 0 Å². The first-order valence-corrected chi connectivity index (χ1v) is 6.97. The van der Waals surface area contributed by atoms with Crippen LogP contribution in [0.1, 0.15) is 41.9 Å². The first-order chi connectivity index (χ1) is 9.10. The van der Waals surface area contributed by atoms with Crippen LogP contribution in [-0.2, 0) is 6.54 Å². The summed E-state index contributed by atoms with van der Waals surface area (Å²) in [5, 5.41) is 4.11. The Morgan fingerprint density at radius 1 is 1.26 bits per heavy atom. The predicted octanol–water partition coefficient (Wildman–Crippen LogP) is 3.42. The summed E-state index contributed by atoms with van der Waals surface area (Å²) in [6.07, 6.45) is 0.957. The van der Waals surface area contributed by atoms with Gasteiger partial charge in [-0.1, -0.05) is 6.92 Å². The molecule has 0 saturated carbocycles. The minimum Gasteiger partial charge on any atom is -0.352 e. The summed E-state index contributed by atoms with van der Waals surface area (Å²) < 4.78 is 2.29. The molecule has 0 aliphatic rings. The molecule has 1 amide bonds. The van der Waals surface area contributed by atoms with E-state index in [2.05, 4.69) is 43.6 Å². The van der Waals surface area contributed by atoms with Crippen LogP contribution in [0.25, 0.3) is 10.9 Å². The van der Waals surface area contributed by atoms with Crippen molar-refractivity contribution >= 4 is 16.8 Å². The smallest absolute Gasteiger partial charge is 0.251 e. The average Bonchev–Trinajstić information content (AvgIpc) is 2.67. The van der Waals surface area contributed by atoms with Gasteiger partial charge in [-0.15, -0.1) is 0 Å². The van der Waals surface area contributed by atoms with Crippen LogP contribution in [0.2, 0.25) is 0 Å². The summed E-state index contributed by atoms with van der Waals surface area (Å²) >= 11 is 0. The molecule has 3 nitrogen and oxygen atoms in total. The lowest BCUT2D eigenvalue weighted by Crippen LogP contribution is -2.23. The Morgan fingerprint density at radius 2 is 2.00 bits per heavy atom.